The minimum absolute atomic E-state index is 0.184. The number of rotatable bonds is 9. The number of anilines is 2. The van der Waals surface area contributed by atoms with Gasteiger partial charge in [0.05, 0.1) is 12.2 Å². The van der Waals surface area contributed by atoms with E-state index in [1.54, 1.807) is 0 Å². The Morgan fingerprint density at radius 3 is 2.56 bits per heavy atom. The van der Waals surface area contributed by atoms with Gasteiger partial charge in [0.15, 0.2) is 17.2 Å². The molecule has 12 heteroatoms. The average Bonchev–Trinajstić information content (AvgIpc) is 3.58. The molecule has 1 unspecified atom stereocenters. The molecule has 0 radical (unpaired) electrons. The van der Waals surface area contributed by atoms with E-state index in [0.29, 0.717) is 29.8 Å². The Morgan fingerprint density at radius 1 is 1.13 bits per heavy atom. The summed E-state index contributed by atoms with van der Waals surface area (Å²) in [6.45, 7) is 7.81. The van der Waals surface area contributed by atoms with E-state index in [1.165, 1.54) is 44.9 Å². The van der Waals surface area contributed by atoms with Gasteiger partial charge in [0.2, 0.25) is 17.6 Å². The SMILES string of the molecule is Cc1cc(CN(C)c2nc3nc(-c4noc(=O)[nH]4)nc(NC(C)C4CCC4)c3n2CC2CCC(C)CC2)on1. The first kappa shape index (κ1) is 25.6. The predicted molar refractivity (Wildman–Crippen MR) is 146 cm³/mol. The molecule has 208 valence electrons. The van der Waals surface area contributed by atoms with Crippen molar-refractivity contribution >= 4 is 22.9 Å². The summed E-state index contributed by atoms with van der Waals surface area (Å²) in [4.78, 5) is 31.0. The molecule has 0 amide bonds. The van der Waals surface area contributed by atoms with Crippen molar-refractivity contribution in [3.8, 4) is 11.6 Å². The van der Waals surface area contributed by atoms with Crippen LogP contribution >= 0.6 is 0 Å². The summed E-state index contributed by atoms with van der Waals surface area (Å²) in [5.41, 5.74) is 2.26. The number of hydrogen-bond donors (Lipinski definition) is 2. The second-order valence-electron chi connectivity index (χ2n) is 11.6. The summed E-state index contributed by atoms with van der Waals surface area (Å²) < 4.78 is 12.5. The van der Waals surface area contributed by atoms with Crippen molar-refractivity contribution in [2.45, 2.75) is 84.8 Å². The lowest BCUT2D eigenvalue weighted by molar-refractivity contribution is 0.266. The smallest absolute Gasteiger partial charge is 0.365 e. The molecule has 1 atom stereocenters. The van der Waals surface area contributed by atoms with E-state index in [1.807, 2.05) is 20.0 Å². The lowest BCUT2D eigenvalue weighted by Crippen LogP contribution is -2.31. The summed E-state index contributed by atoms with van der Waals surface area (Å²) in [5, 5.41) is 11.6. The first-order chi connectivity index (χ1) is 18.8. The molecular weight excluding hydrogens is 498 g/mol. The van der Waals surface area contributed by atoms with E-state index in [9.17, 15) is 4.79 Å². The maximum Gasteiger partial charge on any atom is 0.439 e. The van der Waals surface area contributed by atoms with Gasteiger partial charge in [-0.15, -0.1) is 0 Å². The highest BCUT2D eigenvalue weighted by molar-refractivity contribution is 5.87. The second kappa shape index (κ2) is 10.5. The fourth-order valence-corrected chi connectivity index (χ4v) is 5.86. The van der Waals surface area contributed by atoms with E-state index in [-0.39, 0.29) is 17.7 Å². The van der Waals surface area contributed by atoms with Crippen molar-refractivity contribution in [3.63, 3.8) is 0 Å². The molecular formula is C27H37N9O3. The standard InChI is InChI=1S/C27H37N9O3/c1-15-8-10-18(11-9-15)13-36-21-22(28-17(3)19-6-5-7-19)29-24(25-32-27(37)39-34-25)30-23(21)31-26(36)35(4)14-20-12-16(2)33-38-20/h12,15,17-19H,5-11,13-14H2,1-4H3,(H,28,29,30)(H,32,34,37). The molecule has 2 aliphatic rings. The number of H-pyrrole nitrogens is 1. The normalized spacial score (nSPS) is 20.7. The van der Waals surface area contributed by atoms with Gasteiger partial charge in [0.25, 0.3) is 0 Å². The number of hydrogen-bond acceptors (Lipinski definition) is 10. The summed E-state index contributed by atoms with van der Waals surface area (Å²) >= 11 is 0. The molecule has 4 aromatic rings. The van der Waals surface area contributed by atoms with Crippen molar-refractivity contribution in [2.75, 3.05) is 17.3 Å². The molecule has 4 heterocycles. The minimum atomic E-state index is -0.647. The zero-order chi connectivity index (χ0) is 27.1. The van der Waals surface area contributed by atoms with Crippen LogP contribution in [0.15, 0.2) is 19.9 Å². The summed E-state index contributed by atoms with van der Waals surface area (Å²) in [5.74, 6) is 3.97. The van der Waals surface area contributed by atoms with Gasteiger partial charge in [-0.2, -0.15) is 4.98 Å². The third kappa shape index (κ3) is 5.28. The number of fused-ring (bicyclic) bond motifs is 1. The lowest BCUT2D eigenvalue weighted by Gasteiger charge is -2.32. The third-order valence-corrected chi connectivity index (χ3v) is 8.44. The average molecular weight is 536 g/mol. The molecule has 0 bridgehead atoms. The predicted octanol–water partition coefficient (Wildman–Crippen LogP) is 4.53. The molecule has 2 aliphatic carbocycles. The van der Waals surface area contributed by atoms with Crippen molar-refractivity contribution < 1.29 is 9.05 Å². The number of aromatic amines is 1. The molecule has 0 saturated heterocycles. The zero-order valence-electron chi connectivity index (χ0n) is 23.1. The van der Waals surface area contributed by atoms with Crippen LogP contribution in [0.2, 0.25) is 0 Å². The van der Waals surface area contributed by atoms with Crippen molar-refractivity contribution in [1.82, 2.24) is 34.8 Å². The molecule has 2 saturated carbocycles. The van der Waals surface area contributed by atoms with Gasteiger partial charge in [-0.3, -0.25) is 9.51 Å². The molecule has 39 heavy (non-hydrogen) atoms. The molecule has 6 rings (SSSR count). The number of imidazole rings is 1. The van der Waals surface area contributed by atoms with Crippen LogP contribution in [0.3, 0.4) is 0 Å². The molecule has 0 aliphatic heterocycles. The fraction of sp³-hybridized carbons (Fsp3) is 0.630. The summed E-state index contributed by atoms with van der Waals surface area (Å²) in [6, 6.07) is 2.18. The Labute approximate surface area is 226 Å². The Morgan fingerprint density at radius 2 is 1.92 bits per heavy atom. The van der Waals surface area contributed by atoms with E-state index >= 15 is 0 Å². The van der Waals surface area contributed by atoms with Crippen molar-refractivity contribution in [1.29, 1.82) is 0 Å². The quantitative estimate of drug-likeness (QED) is 0.314. The minimum Gasteiger partial charge on any atom is -0.365 e. The third-order valence-electron chi connectivity index (χ3n) is 8.44. The number of nitrogens with one attached hydrogen (secondary N) is 2. The number of aryl methyl sites for hydroxylation is 1. The van der Waals surface area contributed by atoms with Crippen LogP contribution in [0.25, 0.3) is 22.8 Å². The van der Waals surface area contributed by atoms with Gasteiger partial charge < -0.3 is 19.3 Å². The molecule has 2 N–H and O–H groups in total. The number of nitrogens with zero attached hydrogens (tertiary/aromatic N) is 7. The van der Waals surface area contributed by atoms with E-state index in [0.717, 1.165) is 35.4 Å². The van der Waals surface area contributed by atoms with Crippen LogP contribution in [0.4, 0.5) is 11.8 Å². The molecule has 12 nitrogen and oxygen atoms in total. The highest BCUT2D eigenvalue weighted by Crippen LogP contribution is 2.36. The Balaban J connectivity index is 1.46. The van der Waals surface area contributed by atoms with Gasteiger partial charge in [-0.25, -0.2) is 14.8 Å². The van der Waals surface area contributed by atoms with Gasteiger partial charge in [-0.1, -0.05) is 36.5 Å². The van der Waals surface area contributed by atoms with Gasteiger partial charge in [-0.05, 0) is 57.3 Å². The van der Waals surface area contributed by atoms with Crippen LogP contribution < -0.4 is 16.0 Å². The highest BCUT2D eigenvalue weighted by Gasteiger charge is 2.29. The largest absolute Gasteiger partial charge is 0.439 e. The molecule has 0 spiro atoms. The van der Waals surface area contributed by atoms with Crippen LogP contribution in [-0.4, -0.2) is 47.9 Å². The monoisotopic (exact) mass is 535 g/mol. The van der Waals surface area contributed by atoms with Crippen molar-refractivity contribution in [3.05, 3.63) is 28.1 Å². The Bertz CT molecular complexity index is 1490. The topological polar surface area (TPSA) is 144 Å². The first-order valence-corrected chi connectivity index (χ1v) is 14.1. The fourth-order valence-electron chi connectivity index (χ4n) is 5.86. The Hall–Kier alpha value is -3.70. The van der Waals surface area contributed by atoms with Crippen LogP contribution in [0.5, 0.6) is 0 Å². The lowest BCUT2D eigenvalue weighted by atomic mass is 9.80. The molecule has 2 fully saturated rings. The second-order valence-corrected chi connectivity index (χ2v) is 11.6. The zero-order valence-corrected chi connectivity index (χ0v) is 23.1. The molecule has 0 aromatic carbocycles. The maximum absolute atomic E-state index is 11.7. The van der Waals surface area contributed by atoms with Crippen LogP contribution in [0.1, 0.15) is 70.2 Å². The van der Waals surface area contributed by atoms with Gasteiger partial charge >= 0.3 is 5.76 Å². The van der Waals surface area contributed by atoms with E-state index < -0.39 is 5.76 Å². The van der Waals surface area contributed by atoms with Crippen LogP contribution in [0, 0.1) is 24.7 Å². The van der Waals surface area contributed by atoms with Gasteiger partial charge in [0, 0.05) is 25.7 Å². The summed E-state index contributed by atoms with van der Waals surface area (Å²) in [7, 11) is 2.01. The van der Waals surface area contributed by atoms with Crippen molar-refractivity contribution in [2.24, 2.45) is 17.8 Å². The van der Waals surface area contributed by atoms with E-state index in [2.05, 4.69) is 43.9 Å². The van der Waals surface area contributed by atoms with Gasteiger partial charge in [0.1, 0.15) is 5.52 Å². The highest BCUT2D eigenvalue weighted by atomic mass is 16.5. The molecule has 4 aromatic heterocycles. The van der Waals surface area contributed by atoms with E-state index in [4.69, 9.17) is 24.0 Å². The maximum atomic E-state index is 11.7. The Kier molecular flexibility index (Phi) is 6.86. The summed E-state index contributed by atoms with van der Waals surface area (Å²) in [6.07, 6.45) is 8.52. The van der Waals surface area contributed by atoms with Crippen LogP contribution in [-0.2, 0) is 13.1 Å². The first-order valence-electron chi connectivity index (χ1n) is 14.1. The number of aromatic nitrogens is 7.